The molecule has 0 aliphatic rings. The molecule has 0 aliphatic heterocycles. The van der Waals surface area contributed by atoms with Gasteiger partial charge in [-0.3, -0.25) is 14.9 Å². The molecule has 0 atom stereocenters. The van der Waals surface area contributed by atoms with Gasteiger partial charge >= 0.3 is 5.69 Å². The van der Waals surface area contributed by atoms with Crippen LogP contribution in [0.15, 0.2) is 36.4 Å². The van der Waals surface area contributed by atoms with E-state index in [4.69, 9.17) is 9.47 Å². The lowest BCUT2D eigenvalue weighted by atomic mass is 10.1. The fraction of sp³-hybridized carbons (Fsp3) is 0.133. The van der Waals surface area contributed by atoms with Crippen molar-refractivity contribution in [3.63, 3.8) is 0 Å². The summed E-state index contributed by atoms with van der Waals surface area (Å²) in [6, 6.07) is 7.73. The van der Waals surface area contributed by atoms with Gasteiger partial charge in [-0.2, -0.15) is 4.39 Å². The van der Waals surface area contributed by atoms with Crippen molar-refractivity contribution < 1.29 is 23.6 Å². The first kappa shape index (κ1) is 16.2. The zero-order valence-electron chi connectivity index (χ0n) is 12.3. The van der Waals surface area contributed by atoms with Crippen LogP contribution in [0.5, 0.6) is 11.5 Å². The van der Waals surface area contributed by atoms with Gasteiger partial charge in [-0.05, 0) is 30.3 Å². The highest BCUT2D eigenvalue weighted by Gasteiger charge is 2.18. The van der Waals surface area contributed by atoms with E-state index >= 15 is 0 Å². The third kappa shape index (κ3) is 3.54. The van der Waals surface area contributed by atoms with Crippen molar-refractivity contribution in [2.45, 2.75) is 0 Å². The fourth-order valence-electron chi connectivity index (χ4n) is 1.92. The number of anilines is 1. The number of nitro groups is 1. The van der Waals surface area contributed by atoms with E-state index in [0.717, 1.165) is 12.1 Å². The Hall–Kier alpha value is -3.16. The molecule has 0 aromatic heterocycles. The van der Waals surface area contributed by atoms with Gasteiger partial charge in [0.25, 0.3) is 5.91 Å². The molecule has 120 valence electrons. The molecule has 0 fully saturated rings. The number of nitrogens with zero attached hydrogens (tertiary/aromatic N) is 1. The smallest absolute Gasteiger partial charge is 0.306 e. The molecule has 1 N–H and O–H groups in total. The van der Waals surface area contributed by atoms with E-state index in [0.29, 0.717) is 11.5 Å². The highest BCUT2D eigenvalue weighted by Crippen LogP contribution is 2.26. The molecule has 0 heterocycles. The first-order valence-corrected chi connectivity index (χ1v) is 6.43. The normalized spacial score (nSPS) is 10.0. The molecule has 23 heavy (non-hydrogen) atoms. The first-order valence-electron chi connectivity index (χ1n) is 6.43. The van der Waals surface area contributed by atoms with Crippen molar-refractivity contribution in [3.8, 4) is 11.5 Å². The van der Waals surface area contributed by atoms with Gasteiger partial charge in [-0.1, -0.05) is 0 Å². The lowest BCUT2D eigenvalue weighted by Crippen LogP contribution is -2.13. The average Bonchev–Trinajstić information content (AvgIpc) is 2.55. The Morgan fingerprint density at radius 2 is 1.91 bits per heavy atom. The summed E-state index contributed by atoms with van der Waals surface area (Å²) in [5.41, 5.74) is -0.452. The summed E-state index contributed by atoms with van der Waals surface area (Å²) in [6.45, 7) is 0. The van der Waals surface area contributed by atoms with Crippen LogP contribution in [0.25, 0.3) is 0 Å². The molecule has 7 nitrogen and oxygen atoms in total. The molecule has 1 amide bonds. The van der Waals surface area contributed by atoms with Crippen LogP contribution in [-0.2, 0) is 0 Å². The zero-order chi connectivity index (χ0) is 17.0. The summed E-state index contributed by atoms with van der Waals surface area (Å²) < 4.78 is 23.5. The number of hydrogen-bond acceptors (Lipinski definition) is 5. The van der Waals surface area contributed by atoms with E-state index in [-0.39, 0.29) is 11.3 Å². The molecule has 0 saturated heterocycles. The van der Waals surface area contributed by atoms with E-state index in [2.05, 4.69) is 5.32 Å². The van der Waals surface area contributed by atoms with Crippen LogP contribution >= 0.6 is 0 Å². The van der Waals surface area contributed by atoms with Crippen molar-refractivity contribution in [2.75, 3.05) is 19.5 Å². The standard InChI is InChI=1S/C15H13FN2O5/c1-22-10-4-6-14(23-2)11(8-10)15(19)17-9-3-5-12(16)13(7-9)18(20)21/h3-8H,1-2H3,(H,17,19). The largest absolute Gasteiger partial charge is 0.497 e. The van der Waals surface area contributed by atoms with Crippen LogP contribution < -0.4 is 14.8 Å². The van der Waals surface area contributed by atoms with Crippen LogP contribution in [0.2, 0.25) is 0 Å². The van der Waals surface area contributed by atoms with Gasteiger partial charge in [0.05, 0.1) is 24.7 Å². The van der Waals surface area contributed by atoms with Gasteiger partial charge in [-0.25, -0.2) is 0 Å². The molecular formula is C15H13FN2O5. The number of nitrogens with one attached hydrogen (secondary N) is 1. The Labute approximate surface area is 130 Å². The topological polar surface area (TPSA) is 90.7 Å². The predicted octanol–water partition coefficient (Wildman–Crippen LogP) is 3.00. The van der Waals surface area contributed by atoms with Gasteiger partial charge in [0.1, 0.15) is 11.5 Å². The molecule has 0 spiro atoms. The molecule has 0 radical (unpaired) electrons. The van der Waals surface area contributed by atoms with Crippen molar-refractivity contribution in [1.82, 2.24) is 0 Å². The second-order valence-corrected chi connectivity index (χ2v) is 4.44. The zero-order valence-corrected chi connectivity index (χ0v) is 12.3. The van der Waals surface area contributed by atoms with E-state index in [1.807, 2.05) is 0 Å². The number of carbonyl (C=O) groups is 1. The summed E-state index contributed by atoms with van der Waals surface area (Å²) in [5.74, 6) is -0.797. The molecule has 0 aliphatic carbocycles. The molecule has 2 rings (SSSR count). The average molecular weight is 320 g/mol. The molecule has 2 aromatic carbocycles. The fourth-order valence-corrected chi connectivity index (χ4v) is 1.92. The Morgan fingerprint density at radius 3 is 2.52 bits per heavy atom. The molecule has 0 bridgehead atoms. The number of amides is 1. The van der Waals surface area contributed by atoms with Crippen molar-refractivity contribution in [1.29, 1.82) is 0 Å². The van der Waals surface area contributed by atoms with Gasteiger partial charge in [0.15, 0.2) is 0 Å². The Kier molecular flexibility index (Phi) is 4.75. The Bertz CT molecular complexity index is 764. The number of nitro benzene ring substituents is 1. The number of halogens is 1. The number of carbonyl (C=O) groups excluding carboxylic acids is 1. The van der Waals surface area contributed by atoms with Gasteiger partial charge in [0, 0.05) is 11.8 Å². The maximum absolute atomic E-state index is 13.3. The highest BCUT2D eigenvalue weighted by molar-refractivity contribution is 6.06. The number of rotatable bonds is 5. The second-order valence-electron chi connectivity index (χ2n) is 4.44. The van der Waals surface area contributed by atoms with Crippen LogP contribution in [0.4, 0.5) is 15.8 Å². The van der Waals surface area contributed by atoms with E-state index < -0.39 is 22.3 Å². The van der Waals surface area contributed by atoms with Crippen LogP contribution in [0.3, 0.4) is 0 Å². The maximum Gasteiger partial charge on any atom is 0.306 e. The van der Waals surface area contributed by atoms with Crippen LogP contribution in [0, 0.1) is 15.9 Å². The summed E-state index contributed by atoms with van der Waals surface area (Å²) in [5, 5.41) is 13.2. The summed E-state index contributed by atoms with van der Waals surface area (Å²) in [4.78, 5) is 22.2. The van der Waals surface area contributed by atoms with Crippen LogP contribution in [0.1, 0.15) is 10.4 Å². The third-order valence-electron chi connectivity index (χ3n) is 3.05. The molecule has 0 saturated carbocycles. The number of benzene rings is 2. The van der Waals surface area contributed by atoms with E-state index in [1.165, 1.54) is 26.4 Å². The maximum atomic E-state index is 13.3. The van der Waals surface area contributed by atoms with Gasteiger partial charge < -0.3 is 14.8 Å². The summed E-state index contributed by atoms with van der Waals surface area (Å²) >= 11 is 0. The van der Waals surface area contributed by atoms with Gasteiger partial charge in [-0.15, -0.1) is 0 Å². The Morgan fingerprint density at radius 1 is 1.17 bits per heavy atom. The van der Waals surface area contributed by atoms with E-state index in [1.54, 1.807) is 12.1 Å². The lowest BCUT2D eigenvalue weighted by Gasteiger charge is -2.11. The minimum atomic E-state index is -0.980. The second kappa shape index (κ2) is 6.73. The summed E-state index contributed by atoms with van der Waals surface area (Å²) in [7, 11) is 2.86. The monoisotopic (exact) mass is 320 g/mol. The molecular weight excluding hydrogens is 307 g/mol. The van der Waals surface area contributed by atoms with E-state index in [9.17, 15) is 19.3 Å². The van der Waals surface area contributed by atoms with Crippen molar-refractivity contribution in [3.05, 3.63) is 57.9 Å². The highest BCUT2D eigenvalue weighted by atomic mass is 19.1. The van der Waals surface area contributed by atoms with Gasteiger partial charge in [0.2, 0.25) is 5.82 Å². The predicted molar refractivity (Wildman–Crippen MR) is 80.6 cm³/mol. The number of methoxy groups -OCH3 is 2. The van der Waals surface area contributed by atoms with Crippen LogP contribution in [-0.4, -0.2) is 25.1 Å². The Balaban J connectivity index is 2.32. The van der Waals surface area contributed by atoms with Crippen molar-refractivity contribution in [2.24, 2.45) is 0 Å². The quantitative estimate of drug-likeness (QED) is 0.675. The number of hydrogen-bond donors (Lipinski definition) is 1. The molecule has 0 unspecified atom stereocenters. The lowest BCUT2D eigenvalue weighted by molar-refractivity contribution is -0.387. The molecule has 8 heteroatoms. The van der Waals surface area contributed by atoms with Crippen molar-refractivity contribution >= 4 is 17.3 Å². The third-order valence-corrected chi connectivity index (χ3v) is 3.05. The molecule has 2 aromatic rings. The minimum Gasteiger partial charge on any atom is -0.497 e. The minimum absolute atomic E-state index is 0.0907. The SMILES string of the molecule is COc1ccc(OC)c(C(=O)Nc2ccc(F)c([N+](=O)[O-])c2)c1. The first-order chi connectivity index (χ1) is 11.0. The summed E-state index contributed by atoms with van der Waals surface area (Å²) in [6.07, 6.45) is 0. The number of ether oxygens (including phenoxy) is 2.